The van der Waals surface area contributed by atoms with Crippen molar-refractivity contribution in [3.8, 4) is 0 Å². The second kappa shape index (κ2) is 7.70. The number of sulfone groups is 2. The lowest BCUT2D eigenvalue weighted by atomic mass is 10.2. The minimum absolute atomic E-state index is 0.106. The highest BCUT2D eigenvalue weighted by Gasteiger charge is 2.45. The molecule has 6 nitrogen and oxygen atoms in total. The van der Waals surface area contributed by atoms with Crippen molar-refractivity contribution in [3.05, 3.63) is 29.3 Å². The highest BCUT2D eigenvalue weighted by molar-refractivity contribution is 7.96. The Balaban J connectivity index is 2.16. The van der Waals surface area contributed by atoms with Gasteiger partial charge in [0.05, 0.1) is 21.7 Å². The fourth-order valence-electron chi connectivity index (χ4n) is 2.79. The summed E-state index contributed by atoms with van der Waals surface area (Å²) in [5, 5.41) is 2.59. The van der Waals surface area contributed by atoms with Gasteiger partial charge in [0.25, 0.3) is 0 Å². The molecule has 1 aromatic carbocycles. The smallest absolute Gasteiger partial charge is 0.183 e. The highest BCUT2D eigenvalue weighted by atomic mass is 35.5. The lowest BCUT2D eigenvalue weighted by Crippen LogP contribution is -2.44. The van der Waals surface area contributed by atoms with Crippen LogP contribution in [0.1, 0.15) is 6.42 Å². The van der Waals surface area contributed by atoms with Crippen LogP contribution in [0.25, 0.3) is 0 Å². The van der Waals surface area contributed by atoms with Crippen molar-refractivity contribution in [2.24, 2.45) is 0 Å². The largest absolute Gasteiger partial charge is 0.312 e. The average molecular weight is 395 g/mol. The summed E-state index contributed by atoms with van der Waals surface area (Å²) >= 11 is 5.80. The van der Waals surface area contributed by atoms with Crippen molar-refractivity contribution in [2.75, 3.05) is 38.7 Å². The first kappa shape index (κ1) is 19.7. The molecule has 0 radical (unpaired) electrons. The normalized spacial score (nSPS) is 23.7. The Bertz CT molecular complexity index is 761. The zero-order valence-corrected chi connectivity index (χ0v) is 16.2. The van der Waals surface area contributed by atoms with Gasteiger partial charge in [0, 0.05) is 11.1 Å². The summed E-state index contributed by atoms with van der Waals surface area (Å²) in [4.78, 5) is 2.13. The Labute approximate surface area is 149 Å². The topological polar surface area (TPSA) is 83.6 Å². The van der Waals surface area contributed by atoms with E-state index < -0.39 is 31.0 Å². The molecule has 0 unspecified atom stereocenters. The van der Waals surface area contributed by atoms with Gasteiger partial charge >= 0.3 is 0 Å². The summed E-state index contributed by atoms with van der Waals surface area (Å²) in [7, 11) is -3.21. The summed E-state index contributed by atoms with van der Waals surface area (Å²) in [6, 6.07) is 5.25. The maximum absolute atomic E-state index is 12.8. The van der Waals surface area contributed by atoms with Crippen LogP contribution < -0.4 is 5.32 Å². The van der Waals surface area contributed by atoms with E-state index in [1.807, 2.05) is 19.0 Å². The van der Waals surface area contributed by atoms with Crippen LogP contribution in [0.2, 0.25) is 5.02 Å². The molecule has 2 atom stereocenters. The molecule has 9 heteroatoms. The minimum Gasteiger partial charge on any atom is -0.312 e. The second-order valence-corrected chi connectivity index (χ2v) is 11.1. The van der Waals surface area contributed by atoms with Crippen molar-refractivity contribution in [3.63, 3.8) is 0 Å². The number of benzene rings is 1. The monoisotopic (exact) mass is 394 g/mol. The predicted octanol–water partition coefficient (Wildman–Crippen LogP) is 0.821. The third-order valence-corrected chi connectivity index (χ3v) is 8.45. The molecule has 0 aliphatic carbocycles. The fraction of sp³-hybridized carbons (Fsp3) is 0.600. The lowest BCUT2D eigenvalue weighted by molar-refractivity contribution is 0.388. The van der Waals surface area contributed by atoms with Crippen LogP contribution in [0.4, 0.5) is 0 Å². The van der Waals surface area contributed by atoms with E-state index in [9.17, 15) is 16.8 Å². The third-order valence-electron chi connectivity index (χ3n) is 4.03. The van der Waals surface area contributed by atoms with E-state index in [1.165, 1.54) is 24.3 Å². The summed E-state index contributed by atoms with van der Waals surface area (Å²) in [6.07, 6.45) is 0.817. The molecule has 1 aliphatic rings. The number of nitrogens with zero attached hydrogens (tertiary/aromatic N) is 1. The quantitative estimate of drug-likeness (QED) is 0.689. The first-order valence-corrected chi connectivity index (χ1v) is 11.4. The lowest BCUT2D eigenvalue weighted by Gasteiger charge is -2.20. The molecule has 1 saturated heterocycles. The molecular formula is C15H23ClN2O4S2. The van der Waals surface area contributed by atoms with Crippen molar-refractivity contribution >= 4 is 31.3 Å². The van der Waals surface area contributed by atoms with Gasteiger partial charge in [-0.15, -0.1) is 0 Å². The Kier molecular flexibility index (Phi) is 6.30. The van der Waals surface area contributed by atoms with Crippen molar-refractivity contribution in [2.45, 2.75) is 22.6 Å². The van der Waals surface area contributed by atoms with Crippen LogP contribution in [0.5, 0.6) is 0 Å². The summed E-state index contributed by atoms with van der Waals surface area (Å²) in [6.45, 7) is 1.42. The minimum atomic E-state index is -3.74. The molecule has 1 fully saturated rings. The average Bonchev–Trinajstić information content (AvgIpc) is 2.80. The Morgan fingerprint density at radius 2 is 1.83 bits per heavy atom. The second-order valence-electron chi connectivity index (χ2n) is 6.33. The van der Waals surface area contributed by atoms with Crippen LogP contribution in [0, 0.1) is 0 Å². The highest BCUT2D eigenvalue weighted by Crippen LogP contribution is 2.26. The van der Waals surface area contributed by atoms with E-state index in [2.05, 4.69) is 5.32 Å². The van der Waals surface area contributed by atoms with Gasteiger partial charge < -0.3 is 10.2 Å². The first-order valence-electron chi connectivity index (χ1n) is 7.70. The zero-order chi connectivity index (χ0) is 18.0. The van der Waals surface area contributed by atoms with Crippen molar-refractivity contribution in [1.29, 1.82) is 0 Å². The molecule has 24 heavy (non-hydrogen) atoms. The molecule has 0 aromatic heterocycles. The molecule has 136 valence electrons. The summed E-state index contributed by atoms with van der Waals surface area (Å²) in [5.41, 5.74) is 0. The van der Waals surface area contributed by atoms with E-state index >= 15 is 0 Å². The van der Waals surface area contributed by atoms with Gasteiger partial charge in [0.15, 0.2) is 19.7 Å². The maximum atomic E-state index is 12.8. The summed E-state index contributed by atoms with van der Waals surface area (Å²) in [5.74, 6) is -0.490. The Morgan fingerprint density at radius 3 is 2.42 bits per heavy atom. The molecule has 0 saturated carbocycles. The SMILES string of the molecule is CN(C)CCCN[C@H]1CS(=O)(=O)C[C@@H]1S(=O)(=O)c1ccc(Cl)cc1. The van der Waals surface area contributed by atoms with Gasteiger partial charge in [-0.25, -0.2) is 16.8 Å². The van der Waals surface area contributed by atoms with Gasteiger partial charge in [-0.1, -0.05) is 11.6 Å². The zero-order valence-electron chi connectivity index (χ0n) is 13.8. The Hall–Kier alpha value is -0.670. The Morgan fingerprint density at radius 1 is 1.21 bits per heavy atom. The van der Waals surface area contributed by atoms with Gasteiger partial charge in [0.2, 0.25) is 0 Å². The number of nitrogens with one attached hydrogen (secondary N) is 1. The van der Waals surface area contributed by atoms with Crippen molar-refractivity contribution < 1.29 is 16.8 Å². The van der Waals surface area contributed by atoms with Gasteiger partial charge in [-0.05, 0) is 57.9 Å². The van der Waals surface area contributed by atoms with Gasteiger partial charge in [-0.3, -0.25) is 0 Å². The molecule has 2 rings (SSSR count). The first-order chi connectivity index (χ1) is 11.1. The van der Waals surface area contributed by atoms with E-state index in [0.29, 0.717) is 11.6 Å². The fourth-order valence-corrected chi connectivity index (χ4v) is 7.64. The molecule has 1 heterocycles. The molecule has 1 aromatic rings. The maximum Gasteiger partial charge on any atom is 0.183 e. The molecule has 0 bridgehead atoms. The third kappa shape index (κ3) is 4.92. The van der Waals surface area contributed by atoms with Crippen molar-refractivity contribution in [1.82, 2.24) is 10.2 Å². The molecule has 0 spiro atoms. The van der Waals surface area contributed by atoms with Crippen LogP contribution in [0.15, 0.2) is 29.2 Å². The number of halogens is 1. The molecule has 0 amide bonds. The predicted molar refractivity (Wildman–Crippen MR) is 96.0 cm³/mol. The van der Waals surface area contributed by atoms with Crippen LogP contribution in [0.3, 0.4) is 0 Å². The van der Waals surface area contributed by atoms with Gasteiger partial charge in [0.1, 0.15) is 0 Å². The van der Waals surface area contributed by atoms with Gasteiger partial charge in [-0.2, -0.15) is 0 Å². The molecule has 1 N–H and O–H groups in total. The number of rotatable bonds is 7. The summed E-state index contributed by atoms with van der Waals surface area (Å²) < 4.78 is 49.6. The van der Waals surface area contributed by atoms with E-state index in [0.717, 1.165) is 13.0 Å². The standard InChI is InChI=1S/C15H23ClN2O4S2/c1-18(2)9-3-8-17-14-10-23(19,20)11-15(14)24(21,22)13-6-4-12(16)5-7-13/h4-7,14-15,17H,3,8-11H2,1-2H3/t14-,15-/m0/s1. The molecular weight excluding hydrogens is 372 g/mol. The van der Waals surface area contributed by atoms with E-state index in [-0.39, 0.29) is 16.4 Å². The van der Waals surface area contributed by atoms with E-state index in [1.54, 1.807) is 0 Å². The molecule has 1 aliphatic heterocycles. The van der Waals surface area contributed by atoms with Crippen LogP contribution >= 0.6 is 11.6 Å². The van der Waals surface area contributed by atoms with Crippen LogP contribution in [-0.2, 0) is 19.7 Å². The number of hydrogen-bond acceptors (Lipinski definition) is 6. The number of hydrogen-bond donors (Lipinski definition) is 1. The van der Waals surface area contributed by atoms with E-state index in [4.69, 9.17) is 11.6 Å². The van der Waals surface area contributed by atoms with Crippen LogP contribution in [-0.4, -0.2) is 71.7 Å².